The molecule has 1 aliphatic carbocycles. The van der Waals surface area contributed by atoms with Gasteiger partial charge in [-0.05, 0) is 74.6 Å². The van der Waals surface area contributed by atoms with Crippen LogP contribution in [0, 0.1) is 5.82 Å². The van der Waals surface area contributed by atoms with Crippen LogP contribution < -0.4 is 14.4 Å². The molecule has 3 atom stereocenters. The summed E-state index contributed by atoms with van der Waals surface area (Å²) in [4.78, 5) is 19.5. The molecule has 0 unspecified atom stereocenters. The highest BCUT2D eigenvalue weighted by atomic mass is 35.5. The summed E-state index contributed by atoms with van der Waals surface area (Å²) >= 11 is 6.75. The van der Waals surface area contributed by atoms with Crippen LogP contribution in [0.3, 0.4) is 0 Å². The van der Waals surface area contributed by atoms with E-state index in [1.54, 1.807) is 7.11 Å². The first-order chi connectivity index (χ1) is 23.9. The van der Waals surface area contributed by atoms with E-state index >= 15 is 4.39 Å². The van der Waals surface area contributed by atoms with E-state index in [9.17, 15) is 0 Å². The molecule has 1 N–H and O–H groups in total. The number of aryl methyl sites for hydroxylation is 1. The number of methoxy groups -OCH3 is 1. The van der Waals surface area contributed by atoms with Crippen LogP contribution in [-0.4, -0.2) is 101 Å². The van der Waals surface area contributed by atoms with Gasteiger partial charge >= 0.3 is 6.01 Å². The summed E-state index contributed by atoms with van der Waals surface area (Å²) in [6.07, 6.45) is 8.94. The molecule has 3 aromatic heterocycles. The van der Waals surface area contributed by atoms with Gasteiger partial charge in [-0.1, -0.05) is 30.2 Å². The maximum Gasteiger partial charge on any atom is 0.319 e. The van der Waals surface area contributed by atoms with Crippen LogP contribution in [0.15, 0.2) is 17.7 Å². The average Bonchev–Trinajstić information content (AvgIpc) is 3.67. The largest absolute Gasteiger partial charge is 0.475 e. The van der Waals surface area contributed by atoms with E-state index in [2.05, 4.69) is 39.1 Å². The summed E-state index contributed by atoms with van der Waals surface area (Å²) in [5, 5.41) is 8.86. The Labute approximate surface area is 289 Å². The number of hydrogen-bond acceptors (Lipinski definition) is 10. The summed E-state index contributed by atoms with van der Waals surface area (Å²) < 4.78 is 41.7. The van der Waals surface area contributed by atoms with Crippen molar-refractivity contribution in [2.45, 2.75) is 69.4 Å². The van der Waals surface area contributed by atoms with E-state index in [0.29, 0.717) is 78.3 Å². The molecule has 11 nitrogen and oxygen atoms in total. The highest BCUT2D eigenvalue weighted by Crippen LogP contribution is 2.48. The molecule has 0 saturated carbocycles. The van der Waals surface area contributed by atoms with E-state index in [1.807, 2.05) is 0 Å². The molecule has 9 rings (SSSR count). The summed E-state index contributed by atoms with van der Waals surface area (Å²) in [6.45, 7) is 7.22. The van der Waals surface area contributed by atoms with Gasteiger partial charge < -0.3 is 23.8 Å². The van der Waals surface area contributed by atoms with Gasteiger partial charge in [0.25, 0.3) is 0 Å². The zero-order valence-electron chi connectivity index (χ0n) is 28.0. The molecule has 1 aromatic carbocycles. The van der Waals surface area contributed by atoms with Crippen LogP contribution >= 0.6 is 11.6 Å². The number of aromatic amines is 1. The van der Waals surface area contributed by atoms with Crippen LogP contribution in [0.25, 0.3) is 33.1 Å². The molecule has 5 aliphatic rings. The number of nitrogens with one attached hydrogen (secondary N) is 1. The van der Waals surface area contributed by atoms with Crippen molar-refractivity contribution in [3.05, 3.63) is 39.8 Å². The van der Waals surface area contributed by atoms with Gasteiger partial charge in [-0.3, -0.25) is 10.00 Å². The van der Waals surface area contributed by atoms with Gasteiger partial charge in [0.15, 0.2) is 5.82 Å². The monoisotopic (exact) mass is 689 g/mol. The maximum absolute atomic E-state index is 17.5. The first-order valence-corrected chi connectivity index (χ1v) is 17.9. The SMILES string of the molecule is COC/C=C1\CN2CCC[C@@]2(COc2nc3c4c(nc(-c5c6c(cc7n[nH]c(Cl)c57)CCC[C@H]6C)c(F)c4n2)OC[C@@H]2COCCCN32)C1. The van der Waals surface area contributed by atoms with Crippen LogP contribution in [0.4, 0.5) is 10.2 Å². The minimum absolute atomic E-state index is 0.124. The molecule has 49 heavy (non-hydrogen) atoms. The van der Waals surface area contributed by atoms with Crippen molar-refractivity contribution in [3.8, 4) is 23.1 Å². The van der Waals surface area contributed by atoms with Crippen molar-refractivity contribution in [1.29, 1.82) is 0 Å². The fourth-order valence-electron chi connectivity index (χ4n) is 8.96. The molecule has 3 fully saturated rings. The van der Waals surface area contributed by atoms with Crippen molar-refractivity contribution < 1.29 is 23.3 Å². The highest BCUT2D eigenvalue weighted by Gasteiger charge is 2.47. The molecule has 3 saturated heterocycles. The third-order valence-corrected chi connectivity index (χ3v) is 11.5. The Morgan fingerprint density at radius 1 is 1.16 bits per heavy atom. The van der Waals surface area contributed by atoms with Gasteiger partial charge in [-0.15, -0.1) is 0 Å². The molecule has 0 amide bonds. The molecule has 0 bridgehead atoms. The third kappa shape index (κ3) is 5.16. The molecule has 4 aliphatic heterocycles. The number of H-pyrrole nitrogens is 1. The summed E-state index contributed by atoms with van der Waals surface area (Å²) in [6, 6.07) is 2.11. The van der Waals surface area contributed by atoms with Crippen LogP contribution in [0.1, 0.15) is 62.5 Å². The minimum Gasteiger partial charge on any atom is -0.475 e. The lowest BCUT2D eigenvalue weighted by molar-refractivity contribution is 0.108. The fourth-order valence-corrected chi connectivity index (χ4v) is 9.19. The fraction of sp³-hybridized carbons (Fsp3) is 0.556. The van der Waals surface area contributed by atoms with E-state index < -0.39 is 5.82 Å². The van der Waals surface area contributed by atoms with Crippen molar-refractivity contribution in [3.63, 3.8) is 0 Å². The first-order valence-electron chi connectivity index (χ1n) is 17.6. The number of anilines is 1. The maximum atomic E-state index is 17.5. The van der Waals surface area contributed by atoms with Gasteiger partial charge in [0, 0.05) is 37.8 Å². The van der Waals surface area contributed by atoms with Gasteiger partial charge in [-0.25, -0.2) is 9.37 Å². The average molecular weight is 690 g/mol. The summed E-state index contributed by atoms with van der Waals surface area (Å²) in [7, 11) is 1.72. The first kappa shape index (κ1) is 31.4. The number of nitrogens with zero attached hydrogens (tertiary/aromatic N) is 6. The number of hydrogen-bond donors (Lipinski definition) is 1. The van der Waals surface area contributed by atoms with Gasteiger partial charge in [0.2, 0.25) is 5.88 Å². The molecular weight excluding hydrogens is 649 g/mol. The van der Waals surface area contributed by atoms with E-state index in [1.165, 1.54) is 5.57 Å². The highest BCUT2D eigenvalue weighted by molar-refractivity contribution is 6.35. The normalized spacial score (nSPS) is 26.0. The quantitative estimate of drug-likeness (QED) is 0.243. The minimum atomic E-state index is -0.545. The number of ether oxygens (including phenoxy) is 4. The topological polar surface area (TPSA) is 111 Å². The Balaban J connectivity index is 1.22. The number of benzene rings is 1. The Kier molecular flexibility index (Phi) is 7.90. The Morgan fingerprint density at radius 3 is 2.98 bits per heavy atom. The number of aromatic nitrogens is 5. The van der Waals surface area contributed by atoms with E-state index in [-0.39, 0.29) is 34.7 Å². The van der Waals surface area contributed by atoms with Gasteiger partial charge in [-0.2, -0.15) is 15.1 Å². The van der Waals surface area contributed by atoms with Gasteiger partial charge in [0.05, 0.1) is 30.3 Å². The molecule has 0 spiro atoms. The number of rotatable bonds is 6. The van der Waals surface area contributed by atoms with Crippen molar-refractivity contribution in [2.75, 3.05) is 64.7 Å². The van der Waals surface area contributed by atoms with Gasteiger partial charge in [0.1, 0.15) is 40.8 Å². The smallest absolute Gasteiger partial charge is 0.319 e. The Hall–Kier alpha value is -3.58. The number of fused-ring (bicyclic) bond motifs is 5. The Bertz CT molecular complexity index is 1990. The van der Waals surface area contributed by atoms with Crippen molar-refractivity contribution >= 4 is 39.2 Å². The molecule has 4 aromatic rings. The summed E-state index contributed by atoms with van der Waals surface area (Å²) in [5.74, 6) is 0.517. The van der Waals surface area contributed by atoms with Crippen LogP contribution in [-0.2, 0) is 15.9 Å². The zero-order valence-corrected chi connectivity index (χ0v) is 28.7. The molecule has 13 heteroatoms. The van der Waals surface area contributed by atoms with Crippen molar-refractivity contribution in [2.24, 2.45) is 0 Å². The Morgan fingerprint density at radius 2 is 2.08 bits per heavy atom. The lowest BCUT2D eigenvalue weighted by Crippen LogP contribution is -2.43. The predicted octanol–water partition coefficient (Wildman–Crippen LogP) is 5.98. The second-order valence-electron chi connectivity index (χ2n) is 14.3. The third-order valence-electron chi connectivity index (χ3n) is 11.3. The van der Waals surface area contributed by atoms with E-state index in [0.717, 1.165) is 69.2 Å². The number of halogens is 2. The summed E-state index contributed by atoms with van der Waals surface area (Å²) in [5.41, 5.74) is 5.05. The van der Waals surface area contributed by atoms with Crippen LogP contribution in [0.2, 0.25) is 5.15 Å². The molecular formula is C36H41ClFN7O4. The molecule has 7 heterocycles. The second-order valence-corrected chi connectivity index (χ2v) is 14.7. The molecule has 258 valence electrons. The van der Waals surface area contributed by atoms with E-state index in [4.69, 9.17) is 45.5 Å². The zero-order chi connectivity index (χ0) is 33.3. The molecule has 0 radical (unpaired) electrons. The van der Waals surface area contributed by atoms with Crippen LogP contribution in [0.5, 0.6) is 11.9 Å². The standard InChI is InChI=1S/C36H41ClFN7O4/c1-20-6-3-7-22-14-24-26(32(37)43-42-24)27(25(20)22)30-29(38)31-28-33(45-11-5-12-47-17-23(45)18-48-34(28)39-30)41-35(40-31)49-19-36-9-4-10-44(36)16-21(15-36)8-13-46-2/h8,14,20,23H,3-7,9-13,15-19H2,1-2H3,(H,42,43)/b21-8-/t20-,23+,36+/m1/s1. The number of pyridine rings is 1. The lowest BCUT2D eigenvalue weighted by Gasteiger charge is -2.31. The predicted molar refractivity (Wildman–Crippen MR) is 184 cm³/mol. The lowest BCUT2D eigenvalue weighted by atomic mass is 9.79. The van der Waals surface area contributed by atoms with Crippen molar-refractivity contribution in [1.82, 2.24) is 30.0 Å². The second kappa shape index (κ2) is 12.3.